The van der Waals surface area contributed by atoms with Crippen LogP contribution in [0.25, 0.3) is 10.6 Å². The number of thioether (sulfide) groups is 1. The summed E-state index contributed by atoms with van der Waals surface area (Å²) < 4.78 is 1.32. The number of aryl methyl sites for hydroxylation is 4. The summed E-state index contributed by atoms with van der Waals surface area (Å²) in [4.78, 5) is 31.9. The third kappa shape index (κ3) is 4.91. The van der Waals surface area contributed by atoms with Gasteiger partial charge in [-0.3, -0.25) is 9.59 Å². The Hall–Kier alpha value is -2.45. The Balaban J connectivity index is 1.89. The summed E-state index contributed by atoms with van der Waals surface area (Å²) in [5, 5.41) is 8.32. The number of benzene rings is 1. The average molecular weight is 457 g/mol. The summed E-state index contributed by atoms with van der Waals surface area (Å²) in [5.74, 6) is -0.216. The lowest BCUT2D eigenvalue weighted by atomic mass is 10.1. The number of hydrogen-bond donors (Lipinski definition) is 1. The van der Waals surface area contributed by atoms with Crippen LogP contribution in [0.15, 0.2) is 27.9 Å². The fourth-order valence-corrected chi connectivity index (χ4v) is 5.24. The molecule has 6 nitrogen and oxygen atoms in total. The second kappa shape index (κ2) is 9.36. The second-order valence-corrected chi connectivity index (χ2v) is 10.2. The number of carbonyl (C=O) groups excluding carboxylic acids is 1. The van der Waals surface area contributed by atoms with Gasteiger partial charge in [-0.05, 0) is 63.4 Å². The van der Waals surface area contributed by atoms with Gasteiger partial charge in [-0.1, -0.05) is 13.8 Å². The van der Waals surface area contributed by atoms with Crippen molar-refractivity contribution in [3.8, 4) is 10.6 Å². The summed E-state index contributed by atoms with van der Waals surface area (Å²) in [6.07, 6.45) is 1.11. The molecule has 1 amide bonds. The van der Waals surface area contributed by atoms with Crippen molar-refractivity contribution < 1.29 is 4.79 Å². The van der Waals surface area contributed by atoms with Gasteiger partial charge < -0.3 is 5.32 Å². The molecule has 0 saturated carbocycles. The minimum atomic E-state index is -0.216. The lowest BCUT2D eigenvalue weighted by Crippen LogP contribution is -2.23. The molecule has 2 aromatic heterocycles. The zero-order valence-corrected chi connectivity index (χ0v) is 20.6. The van der Waals surface area contributed by atoms with E-state index < -0.39 is 0 Å². The van der Waals surface area contributed by atoms with Crippen molar-refractivity contribution in [1.29, 1.82) is 0 Å². The number of nitrogens with one attached hydrogen (secondary N) is 1. The van der Waals surface area contributed by atoms with Crippen molar-refractivity contribution in [2.45, 2.75) is 58.1 Å². The maximum atomic E-state index is 13.0. The molecule has 164 valence electrons. The van der Waals surface area contributed by atoms with Gasteiger partial charge in [0.25, 0.3) is 11.5 Å². The molecule has 2 heterocycles. The molecule has 0 spiro atoms. The Bertz CT molecular complexity index is 1200. The zero-order valence-electron chi connectivity index (χ0n) is 19.0. The topological polar surface area (TPSA) is 76.9 Å². The highest BCUT2D eigenvalue weighted by Crippen LogP contribution is 2.31. The van der Waals surface area contributed by atoms with Crippen LogP contribution in [0.2, 0.25) is 0 Å². The molecular weight excluding hydrogens is 428 g/mol. The summed E-state index contributed by atoms with van der Waals surface area (Å²) >= 11 is 3.07. The van der Waals surface area contributed by atoms with Gasteiger partial charge in [-0.15, -0.1) is 23.1 Å². The van der Waals surface area contributed by atoms with E-state index in [-0.39, 0.29) is 11.5 Å². The standard InChI is InChI=1S/C23H28N4O2S2/c1-8-13(3)30-17-9-10-18(12(2)11-17)25-21(28)20-16(6)24-22(31-20)19-14(4)15(5)26-27(7)23(19)29/h9-11,13H,8H2,1-7H3,(H,25,28). The van der Waals surface area contributed by atoms with E-state index in [1.54, 1.807) is 14.0 Å². The molecule has 31 heavy (non-hydrogen) atoms. The van der Waals surface area contributed by atoms with Gasteiger partial charge in [0.05, 0.1) is 17.0 Å². The van der Waals surface area contributed by atoms with Crippen LogP contribution in [0.1, 0.15) is 52.5 Å². The number of anilines is 1. The highest BCUT2D eigenvalue weighted by molar-refractivity contribution is 7.99. The molecule has 1 aromatic carbocycles. The van der Waals surface area contributed by atoms with Gasteiger partial charge in [0, 0.05) is 22.9 Å². The first kappa shape index (κ1) is 23.2. The lowest BCUT2D eigenvalue weighted by Gasteiger charge is -2.12. The molecule has 0 aliphatic heterocycles. The number of rotatable bonds is 6. The molecule has 1 atom stereocenters. The van der Waals surface area contributed by atoms with E-state index in [1.165, 1.54) is 20.9 Å². The zero-order chi connectivity index (χ0) is 22.9. The highest BCUT2D eigenvalue weighted by atomic mass is 32.2. The highest BCUT2D eigenvalue weighted by Gasteiger charge is 2.21. The van der Waals surface area contributed by atoms with E-state index in [1.807, 2.05) is 44.7 Å². The molecule has 8 heteroatoms. The summed E-state index contributed by atoms with van der Waals surface area (Å²) in [6, 6.07) is 6.09. The van der Waals surface area contributed by atoms with E-state index in [9.17, 15) is 9.59 Å². The first-order chi connectivity index (χ1) is 14.6. The van der Waals surface area contributed by atoms with E-state index in [0.717, 1.165) is 28.9 Å². The van der Waals surface area contributed by atoms with Crippen LogP contribution in [0.3, 0.4) is 0 Å². The lowest BCUT2D eigenvalue weighted by molar-refractivity contribution is 0.102. The Labute approximate surface area is 191 Å². The molecule has 0 radical (unpaired) electrons. The predicted molar refractivity (Wildman–Crippen MR) is 130 cm³/mol. The van der Waals surface area contributed by atoms with Gasteiger partial charge >= 0.3 is 0 Å². The van der Waals surface area contributed by atoms with Crippen LogP contribution in [-0.4, -0.2) is 25.9 Å². The van der Waals surface area contributed by atoms with Crippen LogP contribution in [0, 0.1) is 27.7 Å². The van der Waals surface area contributed by atoms with E-state index in [2.05, 4.69) is 35.3 Å². The summed E-state index contributed by atoms with van der Waals surface area (Å²) in [7, 11) is 1.62. The first-order valence-corrected chi connectivity index (χ1v) is 11.9. The van der Waals surface area contributed by atoms with Gasteiger partial charge in [-0.2, -0.15) is 5.10 Å². The largest absolute Gasteiger partial charge is 0.321 e. The Kier molecular flexibility index (Phi) is 7.01. The van der Waals surface area contributed by atoms with E-state index in [4.69, 9.17) is 0 Å². The smallest absolute Gasteiger partial charge is 0.277 e. The van der Waals surface area contributed by atoms with Crippen molar-refractivity contribution in [3.63, 3.8) is 0 Å². The van der Waals surface area contributed by atoms with Crippen LogP contribution >= 0.6 is 23.1 Å². The van der Waals surface area contributed by atoms with Crippen molar-refractivity contribution in [2.75, 3.05) is 5.32 Å². The van der Waals surface area contributed by atoms with E-state index >= 15 is 0 Å². The molecule has 0 bridgehead atoms. The Morgan fingerprint density at radius 3 is 2.58 bits per heavy atom. The van der Waals surface area contributed by atoms with Crippen molar-refractivity contribution in [2.24, 2.45) is 7.05 Å². The predicted octanol–water partition coefficient (Wildman–Crippen LogP) is 5.28. The van der Waals surface area contributed by atoms with Gasteiger partial charge in [0.1, 0.15) is 9.88 Å². The third-order valence-electron chi connectivity index (χ3n) is 5.30. The summed E-state index contributed by atoms with van der Waals surface area (Å²) in [6.45, 7) is 11.9. The van der Waals surface area contributed by atoms with Gasteiger partial charge in [0.15, 0.2) is 0 Å². The number of carbonyl (C=O) groups is 1. The minimum Gasteiger partial charge on any atom is -0.321 e. The van der Waals surface area contributed by atoms with Crippen LogP contribution in [0.5, 0.6) is 0 Å². The van der Waals surface area contributed by atoms with Crippen molar-refractivity contribution >= 4 is 34.7 Å². The molecule has 0 aliphatic carbocycles. The monoisotopic (exact) mass is 456 g/mol. The SMILES string of the molecule is CCC(C)Sc1ccc(NC(=O)c2sc(-c3c(C)c(C)nn(C)c3=O)nc2C)c(C)c1. The molecule has 0 fully saturated rings. The second-order valence-electron chi connectivity index (χ2n) is 7.72. The minimum absolute atomic E-state index is 0.214. The first-order valence-electron chi connectivity index (χ1n) is 10.2. The number of nitrogens with zero attached hydrogens (tertiary/aromatic N) is 3. The molecular formula is C23H28N4O2S2. The average Bonchev–Trinajstić information content (AvgIpc) is 3.10. The molecule has 3 rings (SSSR count). The molecule has 1 unspecified atom stereocenters. The number of hydrogen-bond acceptors (Lipinski definition) is 6. The van der Waals surface area contributed by atoms with Gasteiger partial charge in [0.2, 0.25) is 0 Å². The van der Waals surface area contributed by atoms with Gasteiger partial charge in [-0.25, -0.2) is 9.67 Å². The van der Waals surface area contributed by atoms with Crippen LogP contribution in [-0.2, 0) is 7.05 Å². The fraction of sp³-hybridized carbons (Fsp3) is 0.391. The molecule has 0 aliphatic rings. The van der Waals surface area contributed by atoms with Crippen molar-refractivity contribution in [1.82, 2.24) is 14.8 Å². The number of thiazole rings is 1. The Morgan fingerprint density at radius 2 is 1.94 bits per heavy atom. The Morgan fingerprint density at radius 1 is 1.23 bits per heavy atom. The molecule has 0 saturated heterocycles. The van der Waals surface area contributed by atoms with Crippen LogP contribution < -0.4 is 10.9 Å². The number of aromatic nitrogens is 3. The maximum Gasteiger partial charge on any atom is 0.277 e. The maximum absolute atomic E-state index is 13.0. The van der Waals surface area contributed by atoms with Crippen molar-refractivity contribution in [3.05, 3.63) is 55.9 Å². The fourth-order valence-electron chi connectivity index (χ4n) is 3.16. The normalized spacial score (nSPS) is 12.1. The summed E-state index contributed by atoms with van der Waals surface area (Å²) in [5.41, 5.74) is 4.24. The number of amides is 1. The third-order valence-corrected chi connectivity index (χ3v) is 7.74. The molecule has 3 aromatic rings. The molecule has 1 N–H and O–H groups in total. The quantitative estimate of drug-likeness (QED) is 0.511. The van der Waals surface area contributed by atoms with E-state index in [0.29, 0.717) is 26.4 Å². The van der Waals surface area contributed by atoms with Crippen LogP contribution in [0.4, 0.5) is 5.69 Å².